The molecule has 1 amide bonds. The van der Waals surface area contributed by atoms with E-state index in [1.807, 2.05) is 30.5 Å². The lowest BCUT2D eigenvalue weighted by Crippen LogP contribution is -2.42. The molecule has 118 valence electrons. The van der Waals surface area contributed by atoms with Crippen LogP contribution in [-0.4, -0.2) is 36.1 Å². The van der Waals surface area contributed by atoms with E-state index in [0.717, 1.165) is 16.5 Å². The summed E-state index contributed by atoms with van der Waals surface area (Å²) in [6, 6.07) is 7.22. The maximum atomic E-state index is 11.9. The van der Waals surface area contributed by atoms with Crippen molar-refractivity contribution in [3.05, 3.63) is 36.0 Å². The Morgan fingerprint density at radius 2 is 2.14 bits per heavy atom. The summed E-state index contributed by atoms with van der Waals surface area (Å²) in [7, 11) is 0. The summed E-state index contributed by atoms with van der Waals surface area (Å²) < 4.78 is 4.79. The number of esters is 1. The summed E-state index contributed by atoms with van der Waals surface area (Å²) in [5.41, 5.74) is 7.96. The minimum atomic E-state index is -0.651. The molecule has 0 saturated heterocycles. The van der Waals surface area contributed by atoms with Gasteiger partial charge in [-0.2, -0.15) is 0 Å². The number of benzene rings is 1. The number of para-hydroxylation sites is 1. The number of carbonyl (C=O) groups is 2. The first kappa shape index (κ1) is 16.0. The monoisotopic (exact) mass is 303 g/mol. The fourth-order valence-corrected chi connectivity index (χ4v) is 2.28. The number of carbonyl (C=O) groups excluding carboxylic acids is 2. The standard InChI is InChI=1S/C16H21N3O3/c1-2-22-15(20)7-8-18-16(21)13(17)9-11-10-19-14-6-4-3-5-12(11)14/h3-6,10,13,19H,2,7-9,17H2,1H3,(H,18,21)/t13-/m0/s1. The molecule has 6 nitrogen and oxygen atoms in total. The molecule has 0 radical (unpaired) electrons. The average Bonchev–Trinajstić information content (AvgIpc) is 2.91. The van der Waals surface area contributed by atoms with Crippen LogP contribution in [0.5, 0.6) is 0 Å². The van der Waals surface area contributed by atoms with Gasteiger partial charge in [0.2, 0.25) is 5.91 Å². The van der Waals surface area contributed by atoms with E-state index in [1.165, 1.54) is 0 Å². The van der Waals surface area contributed by atoms with Crippen molar-refractivity contribution in [2.45, 2.75) is 25.8 Å². The van der Waals surface area contributed by atoms with Crippen LogP contribution in [-0.2, 0) is 20.7 Å². The zero-order chi connectivity index (χ0) is 15.9. The molecule has 0 spiro atoms. The number of hydrogen-bond donors (Lipinski definition) is 3. The summed E-state index contributed by atoms with van der Waals surface area (Å²) in [6.45, 7) is 2.32. The van der Waals surface area contributed by atoms with E-state index in [1.54, 1.807) is 6.92 Å². The predicted octanol–water partition coefficient (Wildman–Crippen LogP) is 1.11. The average molecular weight is 303 g/mol. The lowest BCUT2D eigenvalue weighted by molar-refractivity contribution is -0.143. The molecule has 1 aromatic carbocycles. The van der Waals surface area contributed by atoms with Gasteiger partial charge in [0, 0.05) is 23.6 Å². The third kappa shape index (κ3) is 4.08. The van der Waals surface area contributed by atoms with Crippen molar-refractivity contribution in [3.8, 4) is 0 Å². The quantitative estimate of drug-likeness (QED) is 0.667. The van der Waals surface area contributed by atoms with Gasteiger partial charge in [0.25, 0.3) is 0 Å². The molecular formula is C16H21N3O3. The number of amides is 1. The molecule has 1 atom stereocenters. The Bertz CT molecular complexity index is 651. The molecule has 2 rings (SSSR count). The first-order chi connectivity index (χ1) is 10.6. The minimum Gasteiger partial charge on any atom is -0.466 e. The lowest BCUT2D eigenvalue weighted by atomic mass is 10.1. The highest BCUT2D eigenvalue weighted by Crippen LogP contribution is 2.18. The van der Waals surface area contributed by atoms with E-state index in [4.69, 9.17) is 10.5 Å². The zero-order valence-electron chi connectivity index (χ0n) is 12.6. The van der Waals surface area contributed by atoms with E-state index >= 15 is 0 Å². The Kier molecular flexibility index (Phi) is 5.55. The Morgan fingerprint density at radius 3 is 2.91 bits per heavy atom. The lowest BCUT2D eigenvalue weighted by Gasteiger charge is -2.11. The SMILES string of the molecule is CCOC(=O)CCNC(=O)[C@@H](N)Cc1c[nH]c2ccccc12. The maximum Gasteiger partial charge on any atom is 0.307 e. The van der Waals surface area contributed by atoms with Crippen LogP contribution < -0.4 is 11.1 Å². The second-order valence-electron chi connectivity index (χ2n) is 5.02. The summed E-state index contributed by atoms with van der Waals surface area (Å²) in [6.07, 6.45) is 2.46. The smallest absolute Gasteiger partial charge is 0.307 e. The third-order valence-corrected chi connectivity index (χ3v) is 3.39. The van der Waals surface area contributed by atoms with Crippen molar-refractivity contribution >= 4 is 22.8 Å². The van der Waals surface area contributed by atoms with Crippen LogP contribution in [0.4, 0.5) is 0 Å². The number of aromatic amines is 1. The topological polar surface area (TPSA) is 97.2 Å². The van der Waals surface area contributed by atoms with Crippen LogP contribution in [0.15, 0.2) is 30.5 Å². The molecule has 22 heavy (non-hydrogen) atoms. The zero-order valence-corrected chi connectivity index (χ0v) is 12.6. The highest BCUT2D eigenvalue weighted by atomic mass is 16.5. The van der Waals surface area contributed by atoms with Crippen molar-refractivity contribution in [2.75, 3.05) is 13.2 Å². The number of ether oxygens (including phenoxy) is 1. The normalized spacial score (nSPS) is 12.1. The summed E-state index contributed by atoms with van der Waals surface area (Å²) in [5.74, 6) is -0.595. The van der Waals surface area contributed by atoms with E-state index in [9.17, 15) is 9.59 Å². The van der Waals surface area contributed by atoms with Crippen molar-refractivity contribution < 1.29 is 14.3 Å². The number of nitrogens with one attached hydrogen (secondary N) is 2. The Balaban J connectivity index is 1.85. The highest BCUT2D eigenvalue weighted by Gasteiger charge is 2.16. The number of aromatic nitrogens is 1. The molecule has 0 unspecified atom stereocenters. The molecule has 4 N–H and O–H groups in total. The highest BCUT2D eigenvalue weighted by molar-refractivity contribution is 5.86. The summed E-state index contributed by atoms with van der Waals surface area (Å²) >= 11 is 0. The Hall–Kier alpha value is -2.34. The second kappa shape index (κ2) is 7.61. The number of hydrogen-bond acceptors (Lipinski definition) is 4. The molecule has 6 heteroatoms. The Labute approximate surface area is 129 Å². The maximum absolute atomic E-state index is 11.9. The molecule has 0 fully saturated rings. The van der Waals surface area contributed by atoms with Gasteiger partial charge in [-0.15, -0.1) is 0 Å². The van der Waals surface area contributed by atoms with E-state index in [2.05, 4.69) is 10.3 Å². The molecule has 0 aliphatic rings. The molecule has 2 aromatic rings. The minimum absolute atomic E-state index is 0.152. The largest absolute Gasteiger partial charge is 0.466 e. The van der Waals surface area contributed by atoms with Crippen molar-refractivity contribution in [1.82, 2.24) is 10.3 Å². The fourth-order valence-electron chi connectivity index (χ4n) is 2.28. The van der Waals surface area contributed by atoms with Crippen LogP contribution in [0, 0.1) is 0 Å². The van der Waals surface area contributed by atoms with Crippen molar-refractivity contribution in [1.29, 1.82) is 0 Å². The van der Waals surface area contributed by atoms with Gasteiger partial charge in [0.15, 0.2) is 0 Å². The van der Waals surface area contributed by atoms with Gasteiger partial charge < -0.3 is 20.8 Å². The molecular weight excluding hydrogens is 282 g/mol. The molecule has 0 bridgehead atoms. The molecule has 0 aliphatic carbocycles. The van der Waals surface area contributed by atoms with Gasteiger partial charge in [0.05, 0.1) is 19.1 Å². The van der Waals surface area contributed by atoms with Crippen LogP contribution >= 0.6 is 0 Å². The van der Waals surface area contributed by atoms with Crippen LogP contribution in [0.1, 0.15) is 18.9 Å². The van der Waals surface area contributed by atoms with Gasteiger partial charge >= 0.3 is 5.97 Å². The van der Waals surface area contributed by atoms with E-state index in [0.29, 0.717) is 13.0 Å². The van der Waals surface area contributed by atoms with Gasteiger partial charge in [-0.25, -0.2) is 0 Å². The van der Waals surface area contributed by atoms with Gasteiger partial charge in [-0.1, -0.05) is 18.2 Å². The predicted molar refractivity (Wildman–Crippen MR) is 84.2 cm³/mol. The number of rotatable bonds is 7. The van der Waals surface area contributed by atoms with Gasteiger partial charge in [0.1, 0.15) is 0 Å². The third-order valence-electron chi connectivity index (χ3n) is 3.39. The molecule has 1 aromatic heterocycles. The number of fused-ring (bicyclic) bond motifs is 1. The summed E-state index contributed by atoms with van der Waals surface area (Å²) in [5, 5.41) is 3.72. The van der Waals surface area contributed by atoms with Crippen molar-refractivity contribution in [2.24, 2.45) is 5.73 Å². The first-order valence-corrected chi connectivity index (χ1v) is 7.35. The fraction of sp³-hybridized carbons (Fsp3) is 0.375. The first-order valence-electron chi connectivity index (χ1n) is 7.35. The Morgan fingerprint density at radius 1 is 1.36 bits per heavy atom. The van der Waals surface area contributed by atoms with Crippen LogP contribution in [0.25, 0.3) is 10.9 Å². The van der Waals surface area contributed by atoms with Gasteiger partial charge in [-0.3, -0.25) is 9.59 Å². The molecule has 0 saturated carbocycles. The van der Waals surface area contributed by atoms with Crippen molar-refractivity contribution in [3.63, 3.8) is 0 Å². The van der Waals surface area contributed by atoms with Crippen LogP contribution in [0.3, 0.4) is 0 Å². The molecule has 1 heterocycles. The van der Waals surface area contributed by atoms with Gasteiger partial charge in [-0.05, 0) is 25.0 Å². The van der Waals surface area contributed by atoms with Crippen LogP contribution in [0.2, 0.25) is 0 Å². The van der Waals surface area contributed by atoms with E-state index in [-0.39, 0.29) is 24.8 Å². The van der Waals surface area contributed by atoms with E-state index < -0.39 is 6.04 Å². The number of nitrogens with two attached hydrogens (primary N) is 1. The number of H-pyrrole nitrogens is 1. The summed E-state index contributed by atoms with van der Waals surface area (Å²) in [4.78, 5) is 26.3. The molecule has 0 aliphatic heterocycles. The second-order valence-corrected chi connectivity index (χ2v) is 5.02.